The molecule has 0 radical (unpaired) electrons. The Hall–Kier alpha value is -2.05. The van der Waals surface area contributed by atoms with Gasteiger partial charge in [0.1, 0.15) is 0 Å². The lowest BCUT2D eigenvalue weighted by atomic mass is 10.1. The SMILES string of the molecule is C[C@@H](CNC(=O)c1ccc2c(c1)OCO2)N1CCc2sccc2C1. The third kappa shape index (κ3) is 2.99. The molecule has 0 spiro atoms. The van der Waals surface area contributed by atoms with Crippen molar-refractivity contribution in [2.45, 2.75) is 25.9 Å². The molecule has 4 rings (SSSR count). The second-order valence-corrected chi connectivity index (χ2v) is 7.22. The van der Waals surface area contributed by atoms with Gasteiger partial charge in [-0.15, -0.1) is 11.3 Å². The molecule has 0 aliphatic carbocycles. The van der Waals surface area contributed by atoms with Crippen LogP contribution in [0.2, 0.25) is 0 Å². The molecule has 0 fully saturated rings. The largest absolute Gasteiger partial charge is 0.454 e. The van der Waals surface area contributed by atoms with Crippen molar-refractivity contribution in [1.82, 2.24) is 10.2 Å². The Morgan fingerprint density at radius 1 is 1.33 bits per heavy atom. The molecule has 1 amide bonds. The van der Waals surface area contributed by atoms with Crippen LogP contribution >= 0.6 is 11.3 Å². The number of carbonyl (C=O) groups excluding carboxylic acids is 1. The second-order valence-electron chi connectivity index (χ2n) is 6.22. The molecule has 2 aromatic rings. The smallest absolute Gasteiger partial charge is 0.251 e. The van der Waals surface area contributed by atoms with Crippen LogP contribution in [0.25, 0.3) is 0 Å². The summed E-state index contributed by atoms with van der Waals surface area (Å²) in [6.45, 7) is 5.04. The van der Waals surface area contributed by atoms with E-state index in [1.807, 2.05) is 11.3 Å². The fraction of sp³-hybridized carbons (Fsp3) is 0.389. The van der Waals surface area contributed by atoms with Gasteiger partial charge in [0.25, 0.3) is 5.91 Å². The number of ether oxygens (including phenoxy) is 2. The van der Waals surface area contributed by atoms with Crippen molar-refractivity contribution in [2.24, 2.45) is 0 Å². The summed E-state index contributed by atoms with van der Waals surface area (Å²) in [5, 5.41) is 5.20. The van der Waals surface area contributed by atoms with Gasteiger partial charge in [0.05, 0.1) is 0 Å². The van der Waals surface area contributed by atoms with Gasteiger partial charge in [-0.2, -0.15) is 0 Å². The number of nitrogens with one attached hydrogen (secondary N) is 1. The summed E-state index contributed by atoms with van der Waals surface area (Å²) in [5.74, 6) is 1.25. The molecule has 24 heavy (non-hydrogen) atoms. The predicted octanol–water partition coefficient (Wildman–Crippen LogP) is 2.65. The highest BCUT2D eigenvalue weighted by molar-refractivity contribution is 7.10. The van der Waals surface area contributed by atoms with Crippen LogP contribution in [0, 0.1) is 0 Å². The molecule has 5 nitrogen and oxygen atoms in total. The summed E-state index contributed by atoms with van der Waals surface area (Å²) in [5.41, 5.74) is 2.03. The highest BCUT2D eigenvalue weighted by Gasteiger charge is 2.22. The maximum Gasteiger partial charge on any atom is 0.251 e. The zero-order chi connectivity index (χ0) is 16.5. The molecule has 1 aromatic carbocycles. The average Bonchev–Trinajstić information content (AvgIpc) is 3.26. The number of rotatable bonds is 4. The fourth-order valence-corrected chi connectivity index (χ4v) is 4.05. The Bertz CT molecular complexity index is 758. The van der Waals surface area contributed by atoms with E-state index in [0.717, 1.165) is 19.5 Å². The van der Waals surface area contributed by atoms with Crippen molar-refractivity contribution >= 4 is 17.2 Å². The van der Waals surface area contributed by atoms with Gasteiger partial charge in [-0.3, -0.25) is 9.69 Å². The number of thiophene rings is 1. The Balaban J connectivity index is 1.34. The maximum absolute atomic E-state index is 12.4. The molecule has 126 valence electrons. The number of benzene rings is 1. The van der Waals surface area contributed by atoms with Crippen LogP contribution in [-0.4, -0.2) is 36.7 Å². The molecule has 1 atom stereocenters. The van der Waals surface area contributed by atoms with Gasteiger partial charge in [-0.05, 0) is 48.6 Å². The van der Waals surface area contributed by atoms with E-state index in [-0.39, 0.29) is 12.7 Å². The third-order valence-electron chi connectivity index (χ3n) is 4.65. The average molecular weight is 344 g/mol. The van der Waals surface area contributed by atoms with Crippen LogP contribution in [0.15, 0.2) is 29.6 Å². The van der Waals surface area contributed by atoms with E-state index < -0.39 is 0 Å². The summed E-state index contributed by atoms with van der Waals surface area (Å²) in [7, 11) is 0. The minimum atomic E-state index is -0.0756. The quantitative estimate of drug-likeness (QED) is 0.926. The van der Waals surface area contributed by atoms with Crippen molar-refractivity contribution in [1.29, 1.82) is 0 Å². The van der Waals surface area contributed by atoms with Crippen molar-refractivity contribution in [2.75, 3.05) is 19.9 Å². The van der Waals surface area contributed by atoms with E-state index in [2.05, 4.69) is 28.6 Å². The molecule has 1 N–H and O–H groups in total. The molecule has 0 saturated carbocycles. The van der Waals surface area contributed by atoms with E-state index in [0.29, 0.717) is 29.6 Å². The highest BCUT2D eigenvalue weighted by atomic mass is 32.1. The standard InChI is InChI=1S/C18H20N2O3S/c1-12(20-6-4-17-14(10-20)5-7-24-17)9-19-18(21)13-2-3-15-16(8-13)23-11-22-15/h2-3,5,7-8,12H,4,6,9-11H2,1H3,(H,19,21)/t12-/m0/s1. The first-order chi connectivity index (χ1) is 11.7. The summed E-state index contributed by atoms with van der Waals surface area (Å²) in [6.07, 6.45) is 1.10. The van der Waals surface area contributed by atoms with Crippen molar-refractivity contribution < 1.29 is 14.3 Å². The van der Waals surface area contributed by atoms with Crippen LogP contribution in [-0.2, 0) is 13.0 Å². The van der Waals surface area contributed by atoms with Gasteiger partial charge >= 0.3 is 0 Å². The van der Waals surface area contributed by atoms with Crippen LogP contribution in [0.5, 0.6) is 11.5 Å². The highest BCUT2D eigenvalue weighted by Crippen LogP contribution is 2.32. The Labute approximate surface area is 145 Å². The topological polar surface area (TPSA) is 50.8 Å². The second kappa shape index (κ2) is 6.45. The first kappa shape index (κ1) is 15.5. The van der Waals surface area contributed by atoms with Crippen LogP contribution < -0.4 is 14.8 Å². The number of hydrogen-bond donors (Lipinski definition) is 1. The van der Waals surface area contributed by atoms with Crippen LogP contribution in [0.3, 0.4) is 0 Å². The lowest BCUT2D eigenvalue weighted by molar-refractivity contribution is 0.0932. The minimum Gasteiger partial charge on any atom is -0.454 e. The van der Waals surface area contributed by atoms with E-state index >= 15 is 0 Å². The summed E-state index contributed by atoms with van der Waals surface area (Å²) in [4.78, 5) is 16.3. The molecule has 0 saturated heterocycles. The van der Waals surface area contributed by atoms with Gasteiger partial charge < -0.3 is 14.8 Å². The lowest BCUT2D eigenvalue weighted by Gasteiger charge is -2.32. The van der Waals surface area contributed by atoms with Gasteiger partial charge in [0.15, 0.2) is 11.5 Å². The third-order valence-corrected chi connectivity index (χ3v) is 5.68. The zero-order valence-corrected chi connectivity index (χ0v) is 14.4. The van der Waals surface area contributed by atoms with E-state index in [4.69, 9.17) is 9.47 Å². The minimum absolute atomic E-state index is 0.0756. The molecule has 6 heteroatoms. The number of amides is 1. The summed E-state index contributed by atoms with van der Waals surface area (Å²) < 4.78 is 10.6. The number of hydrogen-bond acceptors (Lipinski definition) is 5. The first-order valence-corrected chi connectivity index (χ1v) is 9.06. The molecule has 1 aromatic heterocycles. The first-order valence-electron chi connectivity index (χ1n) is 8.18. The van der Waals surface area contributed by atoms with E-state index in [1.54, 1.807) is 18.2 Å². The van der Waals surface area contributed by atoms with E-state index in [1.165, 1.54) is 10.4 Å². The molecule has 2 aliphatic heterocycles. The van der Waals surface area contributed by atoms with Crippen LogP contribution in [0.4, 0.5) is 0 Å². The Kier molecular flexibility index (Phi) is 4.16. The lowest BCUT2D eigenvalue weighted by Crippen LogP contribution is -2.44. The Morgan fingerprint density at radius 2 is 2.21 bits per heavy atom. The van der Waals surface area contributed by atoms with Crippen molar-refractivity contribution in [3.05, 3.63) is 45.6 Å². The van der Waals surface area contributed by atoms with Crippen LogP contribution in [0.1, 0.15) is 27.7 Å². The molecular weight excluding hydrogens is 324 g/mol. The van der Waals surface area contributed by atoms with Gasteiger partial charge in [0.2, 0.25) is 6.79 Å². The van der Waals surface area contributed by atoms with Crippen molar-refractivity contribution in [3.63, 3.8) is 0 Å². The van der Waals surface area contributed by atoms with Crippen molar-refractivity contribution in [3.8, 4) is 11.5 Å². The monoisotopic (exact) mass is 344 g/mol. The zero-order valence-electron chi connectivity index (χ0n) is 13.6. The Morgan fingerprint density at radius 3 is 3.12 bits per heavy atom. The number of carbonyl (C=O) groups is 1. The normalized spacial score (nSPS) is 17.4. The maximum atomic E-state index is 12.4. The molecule has 2 aliphatic rings. The van der Waals surface area contributed by atoms with E-state index in [9.17, 15) is 4.79 Å². The number of fused-ring (bicyclic) bond motifs is 2. The van der Waals surface area contributed by atoms with Gasteiger partial charge in [0, 0.05) is 36.1 Å². The molecule has 0 unspecified atom stereocenters. The summed E-state index contributed by atoms with van der Waals surface area (Å²) in [6, 6.07) is 7.80. The van der Waals surface area contributed by atoms with Gasteiger partial charge in [-0.1, -0.05) is 0 Å². The summed E-state index contributed by atoms with van der Waals surface area (Å²) >= 11 is 1.85. The molecule has 3 heterocycles. The number of nitrogens with zero attached hydrogens (tertiary/aromatic N) is 1. The van der Waals surface area contributed by atoms with Gasteiger partial charge in [-0.25, -0.2) is 0 Å². The molecular formula is C18H20N2O3S. The predicted molar refractivity (Wildman–Crippen MR) is 92.8 cm³/mol. The molecule has 0 bridgehead atoms. The fourth-order valence-electron chi connectivity index (χ4n) is 3.16.